The molecule has 3 amide bonds. The minimum Gasteiger partial charge on any atom is -0.378 e. The number of hydrogen-bond acceptors (Lipinski definition) is 6. The van der Waals surface area contributed by atoms with Crippen molar-refractivity contribution >= 4 is 23.8 Å². The molecule has 0 aromatic carbocycles. The maximum atomic E-state index is 12.6. The molecule has 2 N–H and O–H groups in total. The van der Waals surface area contributed by atoms with Crippen LogP contribution in [0.15, 0.2) is 12.0 Å². The number of nitrogens with one attached hydrogen (secondary N) is 2. The fourth-order valence-corrected chi connectivity index (χ4v) is 3.96. The molecule has 158 valence electrons. The molecule has 2 unspecified atom stereocenters. The summed E-state index contributed by atoms with van der Waals surface area (Å²) in [5.41, 5.74) is 1.65. The third-order valence-corrected chi connectivity index (χ3v) is 5.31. The van der Waals surface area contributed by atoms with E-state index < -0.39 is 17.7 Å². The van der Waals surface area contributed by atoms with Gasteiger partial charge in [-0.3, -0.25) is 19.3 Å². The second kappa shape index (κ2) is 8.87. The molecule has 3 rings (SSSR count). The molecule has 2 atom stereocenters. The average molecular weight is 403 g/mol. The van der Waals surface area contributed by atoms with Crippen molar-refractivity contribution in [2.45, 2.75) is 52.1 Å². The summed E-state index contributed by atoms with van der Waals surface area (Å²) >= 11 is 0. The molecule has 2 aliphatic heterocycles. The van der Waals surface area contributed by atoms with Gasteiger partial charge in [-0.2, -0.15) is 0 Å². The van der Waals surface area contributed by atoms with Crippen LogP contribution in [0.25, 0.3) is 6.08 Å². The van der Waals surface area contributed by atoms with E-state index in [1.54, 1.807) is 12.4 Å². The number of morpholine rings is 1. The minimum absolute atomic E-state index is 0.0655. The van der Waals surface area contributed by atoms with Crippen LogP contribution in [-0.4, -0.2) is 64.5 Å². The first kappa shape index (κ1) is 21.2. The smallest absolute Gasteiger partial charge is 0.277 e. The van der Waals surface area contributed by atoms with Gasteiger partial charge < -0.3 is 19.9 Å². The lowest BCUT2D eigenvalue weighted by atomic mass is 10.0. The van der Waals surface area contributed by atoms with Crippen molar-refractivity contribution in [2.24, 2.45) is 0 Å². The van der Waals surface area contributed by atoms with E-state index >= 15 is 0 Å². The molecule has 0 saturated carbocycles. The zero-order valence-electron chi connectivity index (χ0n) is 17.4. The highest BCUT2D eigenvalue weighted by atomic mass is 16.5. The van der Waals surface area contributed by atoms with Crippen molar-refractivity contribution in [3.8, 4) is 0 Å². The average Bonchev–Trinajstić information content (AvgIpc) is 3.09. The van der Waals surface area contributed by atoms with Crippen LogP contribution in [0.5, 0.6) is 0 Å². The molecule has 0 spiro atoms. The van der Waals surface area contributed by atoms with Gasteiger partial charge in [0, 0.05) is 19.2 Å². The lowest BCUT2D eigenvalue weighted by Gasteiger charge is -2.33. The van der Waals surface area contributed by atoms with Crippen LogP contribution in [0.4, 0.5) is 0 Å². The number of carbonyl (C=O) groups is 3. The lowest BCUT2D eigenvalue weighted by molar-refractivity contribution is -0.147. The van der Waals surface area contributed by atoms with Gasteiger partial charge in [0.05, 0.1) is 37.3 Å². The van der Waals surface area contributed by atoms with Crippen molar-refractivity contribution in [2.75, 3.05) is 26.3 Å². The van der Waals surface area contributed by atoms with E-state index in [1.807, 2.05) is 0 Å². The first-order valence-corrected chi connectivity index (χ1v) is 10.0. The van der Waals surface area contributed by atoms with Gasteiger partial charge in [0.1, 0.15) is 12.2 Å². The normalized spacial score (nSPS) is 22.9. The minimum atomic E-state index is -0.518. The highest BCUT2D eigenvalue weighted by molar-refractivity contribution is 6.12. The number of hydrogen-bond donors (Lipinski definition) is 2. The van der Waals surface area contributed by atoms with Crippen molar-refractivity contribution in [1.29, 1.82) is 0 Å². The zero-order chi connectivity index (χ0) is 21.1. The molecular formula is C20H29N5O4. The molecular weight excluding hydrogens is 374 g/mol. The molecule has 29 heavy (non-hydrogen) atoms. The number of carbonyl (C=O) groups excluding carboxylic acids is 3. The molecule has 2 saturated heterocycles. The topological polar surface area (TPSA) is 106 Å². The van der Waals surface area contributed by atoms with E-state index in [0.717, 1.165) is 23.6 Å². The van der Waals surface area contributed by atoms with Gasteiger partial charge in [-0.05, 0) is 18.4 Å². The summed E-state index contributed by atoms with van der Waals surface area (Å²) in [7, 11) is 0. The van der Waals surface area contributed by atoms with Gasteiger partial charge in [-0.15, -0.1) is 0 Å². The third kappa shape index (κ3) is 4.40. The highest BCUT2D eigenvalue weighted by Gasteiger charge is 2.32. The number of nitrogens with zero attached hydrogens (tertiary/aromatic N) is 3. The van der Waals surface area contributed by atoms with E-state index in [9.17, 15) is 14.4 Å². The Kier molecular flexibility index (Phi) is 6.49. The van der Waals surface area contributed by atoms with Gasteiger partial charge in [-0.25, -0.2) is 4.98 Å². The number of amides is 3. The predicted octanol–water partition coefficient (Wildman–Crippen LogP) is 0.792. The monoisotopic (exact) mass is 403 g/mol. The Morgan fingerprint density at radius 3 is 2.76 bits per heavy atom. The summed E-state index contributed by atoms with van der Waals surface area (Å²) in [6.45, 7) is 9.42. The molecule has 0 bridgehead atoms. The summed E-state index contributed by atoms with van der Waals surface area (Å²) in [5, 5.41) is 6.09. The Hall–Kier alpha value is -2.52. The Balaban J connectivity index is 1.98. The fourth-order valence-electron chi connectivity index (χ4n) is 3.96. The quantitative estimate of drug-likeness (QED) is 0.705. The molecule has 9 nitrogen and oxygen atoms in total. The maximum Gasteiger partial charge on any atom is 0.277 e. The van der Waals surface area contributed by atoms with Crippen molar-refractivity contribution in [3.63, 3.8) is 0 Å². The molecule has 9 heteroatoms. The summed E-state index contributed by atoms with van der Waals surface area (Å²) in [4.78, 5) is 41.7. The van der Waals surface area contributed by atoms with Gasteiger partial charge in [-0.1, -0.05) is 20.8 Å². The van der Waals surface area contributed by atoms with Gasteiger partial charge >= 0.3 is 0 Å². The van der Waals surface area contributed by atoms with Crippen LogP contribution in [-0.2, 0) is 19.1 Å². The molecule has 3 heterocycles. The van der Waals surface area contributed by atoms with Crippen LogP contribution >= 0.6 is 0 Å². The van der Waals surface area contributed by atoms with Crippen molar-refractivity contribution < 1.29 is 19.1 Å². The van der Waals surface area contributed by atoms with E-state index in [-0.39, 0.29) is 30.2 Å². The second-order valence-electron chi connectivity index (χ2n) is 7.70. The number of ether oxygens (including phenoxy) is 1. The van der Waals surface area contributed by atoms with Crippen LogP contribution in [0.2, 0.25) is 0 Å². The standard InChI is InChI=1S/C20H29N5O4/c1-5-17(16-10-29-7-6-21-16)25-11-22-14(19(25)12(2)3)8-15-20(28)24(13(4)26)9-18(27)23-15/h8,11-12,16-17,21H,5-7,9-10H2,1-4H3,(H,23,27). The molecule has 2 aliphatic rings. The summed E-state index contributed by atoms with van der Waals surface area (Å²) in [5.74, 6) is -1.23. The highest BCUT2D eigenvalue weighted by Crippen LogP contribution is 2.28. The van der Waals surface area contributed by atoms with Crippen molar-refractivity contribution in [1.82, 2.24) is 25.1 Å². The van der Waals surface area contributed by atoms with Crippen LogP contribution in [0.3, 0.4) is 0 Å². The van der Waals surface area contributed by atoms with Crippen molar-refractivity contribution in [3.05, 3.63) is 23.4 Å². The largest absolute Gasteiger partial charge is 0.378 e. The Morgan fingerprint density at radius 2 is 2.17 bits per heavy atom. The van der Waals surface area contributed by atoms with E-state index in [0.29, 0.717) is 18.9 Å². The van der Waals surface area contributed by atoms with Crippen LogP contribution in [0, 0.1) is 0 Å². The van der Waals surface area contributed by atoms with E-state index in [4.69, 9.17) is 4.74 Å². The van der Waals surface area contributed by atoms with Gasteiger partial charge in [0.25, 0.3) is 5.91 Å². The molecule has 1 aromatic rings. The SMILES string of the molecule is CCC(C1COCCN1)n1cnc(C=C2NC(=O)CN(C(C)=O)C2=O)c1C(C)C. The Bertz CT molecular complexity index is 823. The molecule has 0 aliphatic carbocycles. The first-order chi connectivity index (χ1) is 13.8. The number of piperazine rings is 1. The second-order valence-corrected chi connectivity index (χ2v) is 7.70. The molecule has 2 fully saturated rings. The Labute approximate surface area is 170 Å². The maximum absolute atomic E-state index is 12.6. The Morgan fingerprint density at radius 1 is 1.41 bits per heavy atom. The predicted molar refractivity (Wildman–Crippen MR) is 107 cm³/mol. The summed E-state index contributed by atoms with van der Waals surface area (Å²) in [6.07, 6.45) is 4.24. The number of rotatable bonds is 5. The molecule has 0 radical (unpaired) electrons. The summed E-state index contributed by atoms with van der Waals surface area (Å²) < 4.78 is 7.78. The van der Waals surface area contributed by atoms with Crippen LogP contribution in [0.1, 0.15) is 57.5 Å². The zero-order valence-corrected chi connectivity index (χ0v) is 17.4. The number of aromatic nitrogens is 2. The van der Waals surface area contributed by atoms with Gasteiger partial charge in [0.15, 0.2) is 0 Å². The first-order valence-electron chi connectivity index (χ1n) is 10.0. The van der Waals surface area contributed by atoms with E-state index in [1.165, 1.54) is 6.92 Å². The molecule has 1 aromatic heterocycles. The lowest BCUT2D eigenvalue weighted by Crippen LogP contribution is -2.51. The number of imidazole rings is 1. The number of imide groups is 1. The summed E-state index contributed by atoms with van der Waals surface area (Å²) in [6, 6.07) is 0.322. The fraction of sp³-hybridized carbons (Fsp3) is 0.600. The third-order valence-electron chi connectivity index (χ3n) is 5.31. The van der Waals surface area contributed by atoms with Crippen LogP contribution < -0.4 is 10.6 Å². The van der Waals surface area contributed by atoms with Gasteiger partial charge in [0.2, 0.25) is 11.8 Å². The van der Waals surface area contributed by atoms with E-state index in [2.05, 4.69) is 41.0 Å².